The second-order valence-electron chi connectivity index (χ2n) is 5.37. The van der Waals surface area contributed by atoms with Gasteiger partial charge in [0.15, 0.2) is 0 Å². The molecule has 0 heterocycles. The van der Waals surface area contributed by atoms with Crippen molar-refractivity contribution in [1.82, 2.24) is 5.43 Å². The van der Waals surface area contributed by atoms with Gasteiger partial charge in [0.05, 0.1) is 12.8 Å². The Morgan fingerprint density at radius 3 is 2.64 bits per heavy atom. The second kappa shape index (κ2) is 7.81. The van der Waals surface area contributed by atoms with Crippen molar-refractivity contribution in [2.75, 3.05) is 11.9 Å². The third-order valence-electron chi connectivity index (χ3n) is 3.63. The number of carbonyl (C=O) groups is 1. The number of anilines is 1. The molecule has 0 aromatic heterocycles. The summed E-state index contributed by atoms with van der Waals surface area (Å²) in [7, 11) is 0. The lowest BCUT2D eigenvalue weighted by Crippen LogP contribution is -2.25. The van der Waals surface area contributed by atoms with E-state index in [4.69, 9.17) is 0 Å². The molecule has 0 unspecified atom stereocenters. The van der Waals surface area contributed by atoms with Crippen molar-refractivity contribution < 1.29 is 9.90 Å². The Morgan fingerprint density at radius 1 is 1.08 bits per heavy atom. The van der Waals surface area contributed by atoms with Gasteiger partial charge in [-0.3, -0.25) is 4.79 Å². The number of hydrogen-bond donors (Lipinski definition) is 3. The zero-order valence-electron chi connectivity index (χ0n) is 13.2. The highest BCUT2D eigenvalue weighted by molar-refractivity contribution is 9.10. The average molecular weight is 398 g/mol. The van der Waals surface area contributed by atoms with E-state index in [-0.39, 0.29) is 18.2 Å². The molecule has 25 heavy (non-hydrogen) atoms. The SMILES string of the molecule is O=C(CNc1ccc(Br)cc1)NN=Cc1c(O)ccc2ccccc12. The highest BCUT2D eigenvalue weighted by Gasteiger charge is 2.05. The van der Waals surface area contributed by atoms with Crippen LogP contribution in [0.3, 0.4) is 0 Å². The summed E-state index contributed by atoms with van der Waals surface area (Å²) >= 11 is 3.36. The van der Waals surface area contributed by atoms with Crippen LogP contribution < -0.4 is 10.7 Å². The minimum Gasteiger partial charge on any atom is -0.507 e. The molecule has 126 valence electrons. The van der Waals surface area contributed by atoms with Gasteiger partial charge in [0.1, 0.15) is 5.75 Å². The predicted octanol–water partition coefficient (Wildman–Crippen LogP) is 3.87. The first-order valence-electron chi connectivity index (χ1n) is 7.65. The van der Waals surface area contributed by atoms with Gasteiger partial charge in [-0.1, -0.05) is 46.3 Å². The van der Waals surface area contributed by atoms with Crippen LogP contribution in [0.2, 0.25) is 0 Å². The summed E-state index contributed by atoms with van der Waals surface area (Å²) in [5.74, 6) is -0.163. The van der Waals surface area contributed by atoms with Crippen LogP contribution >= 0.6 is 15.9 Å². The third-order valence-corrected chi connectivity index (χ3v) is 4.16. The number of nitrogens with zero attached hydrogens (tertiary/aromatic N) is 1. The number of rotatable bonds is 5. The molecular weight excluding hydrogens is 382 g/mol. The zero-order valence-corrected chi connectivity index (χ0v) is 14.8. The number of aromatic hydroxyl groups is 1. The lowest BCUT2D eigenvalue weighted by molar-refractivity contribution is -0.119. The van der Waals surface area contributed by atoms with Gasteiger partial charge in [0.25, 0.3) is 5.91 Å². The van der Waals surface area contributed by atoms with E-state index in [1.54, 1.807) is 6.07 Å². The molecule has 0 aliphatic rings. The summed E-state index contributed by atoms with van der Waals surface area (Å²) in [6.07, 6.45) is 1.45. The molecule has 0 atom stereocenters. The number of phenolic OH excluding ortho intramolecular Hbond substituents is 1. The van der Waals surface area contributed by atoms with E-state index in [1.165, 1.54) is 6.21 Å². The minimum absolute atomic E-state index is 0.0977. The van der Waals surface area contributed by atoms with Crippen molar-refractivity contribution in [2.45, 2.75) is 0 Å². The van der Waals surface area contributed by atoms with Crippen LogP contribution in [-0.4, -0.2) is 23.8 Å². The van der Waals surface area contributed by atoms with Crippen LogP contribution in [0.5, 0.6) is 5.75 Å². The summed E-state index contributed by atoms with van der Waals surface area (Å²) in [5.41, 5.74) is 3.86. The number of halogens is 1. The molecule has 6 heteroatoms. The second-order valence-corrected chi connectivity index (χ2v) is 6.29. The molecular formula is C19H16BrN3O2. The van der Waals surface area contributed by atoms with Crippen LogP contribution in [0.4, 0.5) is 5.69 Å². The van der Waals surface area contributed by atoms with E-state index in [0.29, 0.717) is 5.56 Å². The number of fused-ring (bicyclic) bond motifs is 1. The van der Waals surface area contributed by atoms with Crippen molar-refractivity contribution >= 4 is 44.5 Å². The lowest BCUT2D eigenvalue weighted by Gasteiger charge is -2.06. The van der Waals surface area contributed by atoms with Gasteiger partial charge in [-0.15, -0.1) is 0 Å². The number of nitrogens with one attached hydrogen (secondary N) is 2. The van der Waals surface area contributed by atoms with Gasteiger partial charge >= 0.3 is 0 Å². The zero-order chi connectivity index (χ0) is 17.6. The number of amides is 1. The topological polar surface area (TPSA) is 73.7 Å². The fourth-order valence-electron chi connectivity index (χ4n) is 2.38. The maximum absolute atomic E-state index is 11.9. The van der Waals surface area contributed by atoms with E-state index in [0.717, 1.165) is 20.9 Å². The molecule has 0 bridgehead atoms. The molecule has 0 saturated carbocycles. The molecule has 0 aliphatic heterocycles. The number of hydrazone groups is 1. The van der Waals surface area contributed by atoms with Crippen LogP contribution in [0, 0.1) is 0 Å². The molecule has 3 aromatic rings. The molecule has 3 N–H and O–H groups in total. The summed E-state index contributed by atoms with van der Waals surface area (Å²) in [6.45, 7) is 0.0977. The quantitative estimate of drug-likeness (QED) is 0.451. The largest absolute Gasteiger partial charge is 0.507 e. The summed E-state index contributed by atoms with van der Waals surface area (Å²) < 4.78 is 0.974. The lowest BCUT2D eigenvalue weighted by atomic mass is 10.0. The minimum atomic E-state index is -0.279. The van der Waals surface area contributed by atoms with Crippen LogP contribution in [0.1, 0.15) is 5.56 Å². The molecule has 3 aromatic carbocycles. The maximum atomic E-state index is 11.9. The Hall–Kier alpha value is -2.86. The van der Waals surface area contributed by atoms with Crippen LogP contribution in [0.15, 0.2) is 70.2 Å². The molecule has 3 rings (SSSR count). The van der Waals surface area contributed by atoms with Crippen molar-refractivity contribution in [3.05, 3.63) is 70.7 Å². The molecule has 1 amide bonds. The molecule has 0 aliphatic carbocycles. The average Bonchev–Trinajstić information content (AvgIpc) is 2.63. The third kappa shape index (κ3) is 4.36. The highest BCUT2D eigenvalue weighted by atomic mass is 79.9. The number of benzene rings is 3. The van der Waals surface area contributed by atoms with E-state index in [2.05, 4.69) is 31.8 Å². The first-order valence-corrected chi connectivity index (χ1v) is 8.45. The summed E-state index contributed by atoms with van der Waals surface area (Å²) in [5, 5.41) is 18.8. The summed E-state index contributed by atoms with van der Waals surface area (Å²) in [6, 6.07) is 18.6. The van der Waals surface area contributed by atoms with E-state index in [1.807, 2.05) is 54.6 Å². The van der Waals surface area contributed by atoms with Crippen molar-refractivity contribution in [3.63, 3.8) is 0 Å². The normalized spacial score (nSPS) is 10.9. The van der Waals surface area contributed by atoms with E-state index < -0.39 is 0 Å². The van der Waals surface area contributed by atoms with Crippen molar-refractivity contribution in [3.8, 4) is 5.75 Å². The van der Waals surface area contributed by atoms with Gasteiger partial charge in [-0.05, 0) is 41.1 Å². The van der Waals surface area contributed by atoms with E-state index >= 15 is 0 Å². The maximum Gasteiger partial charge on any atom is 0.259 e. The fourth-order valence-corrected chi connectivity index (χ4v) is 2.64. The molecule has 0 spiro atoms. The van der Waals surface area contributed by atoms with Crippen LogP contribution in [-0.2, 0) is 4.79 Å². The van der Waals surface area contributed by atoms with Crippen LogP contribution in [0.25, 0.3) is 10.8 Å². The Balaban J connectivity index is 1.62. The first-order chi connectivity index (χ1) is 12.1. The Bertz CT molecular complexity index is 924. The highest BCUT2D eigenvalue weighted by Crippen LogP contribution is 2.25. The Labute approximate surface area is 153 Å². The number of carbonyl (C=O) groups excluding carboxylic acids is 1. The number of hydrogen-bond acceptors (Lipinski definition) is 4. The van der Waals surface area contributed by atoms with Gasteiger partial charge in [0.2, 0.25) is 0 Å². The molecule has 0 saturated heterocycles. The summed E-state index contributed by atoms with van der Waals surface area (Å²) in [4.78, 5) is 11.9. The van der Waals surface area contributed by atoms with Gasteiger partial charge in [0, 0.05) is 15.7 Å². The standard InChI is InChI=1S/C19H16BrN3O2/c20-14-6-8-15(9-7-14)21-12-19(25)23-22-11-17-16-4-2-1-3-13(16)5-10-18(17)24/h1-11,21,24H,12H2,(H,23,25). The Morgan fingerprint density at radius 2 is 1.84 bits per heavy atom. The van der Waals surface area contributed by atoms with Gasteiger partial charge < -0.3 is 10.4 Å². The Kier molecular flexibility index (Phi) is 5.30. The van der Waals surface area contributed by atoms with Crippen molar-refractivity contribution in [1.29, 1.82) is 0 Å². The van der Waals surface area contributed by atoms with Gasteiger partial charge in [-0.2, -0.15) is 5.10 Å². The first kappa shape index (κ1) is 17.0. The molecule has 0 radical (unpaired) electrons. The monoisotopic (exact) mass is 397 g/mol. The smallest absolute Gasteiger partial charge is 0.259 e. The number of phenols is 1. The van der Waals surface area contributed by atoms with E-state index in [9.17, 15) is 9.90 Å². The fraction of sp³-hybridized carbons (Fsp3) is 0.0526. The molecule has 0 fully saturated rings. The molecule has 5 nitrogen and oxygen atoms in total. The predicted molar refractivity (Wildman–Crippen MR) is 104 cm³/mol. The van der Waals surface area contributed by atoms with Gasteiger partial charge in [-0.25, -0.2) is 5.43 Å². The van der Waals surface area contributed by atoms with Crippen molar-refractivity contribution in [2.24, 2.45) is 5.10 Å².